The Balaban J connectivity index is 1.43. The van der Waals surface area contributed by atoms with Crippen molar-refractivity contribution in [2.45, 2.75) is 94.2 Å². The fourth-order valence-electron chi connectivity index (χ4n) is 8.69. The molecular weight excluding hydrogens is 1080 g/mol. The Kier molecular flexibility index (Phi) is 14.4. The molecule has 0 aliphatic carbocycles. The molecule has 8 aromatic rings. The van der Waals surface area contributed by atoms with Crippen LogP contribution in [0.3, 0.4) is 0 Å². The first kappa shape index (κ1) is 53.9. The largest absolute Gasteiger partial charge is 0.338 e. The predicted octanol–water partition coefficient (Wildman–Crippen LogP) is 11.6. The van der Waals surface area contributed by atoms with Crippen LogP contribution in [0.4, 0.5) is 39.6 Å². The number of aryl methyl sites for hydroxylation is 5. The number of nitrogens with zero attached hydrogens (tertiary/aromatic N) is 9. The highest BCUT2D eigenvalue weighted by Crippen LogP contribution is 2.47. The zero-order chi connectivity index (χ0) is 54.1. The van der Waals surface area contributed by atoms with Gasteiger partial charge in [-0.25, -0.2) is 20.2 Å². The third kappa shape index (κ3) is 10.3. The molecule has 0 spiro atoms. The number of hydrogen-bond donors (Lipinski definition) is 5. The lowest BCUT2D eigenvalue weighted by atomic mass is 9.90. The number of rotatable bonds is 14. The van der Waals surface area contributed by atoms with E-state index in [1.165, 1.54) is 66.8 Å². The highest BCUT2D eigenvalue weighted by Gasteiger charge is 2.32. The summed E-state index contributed by atoms with van der Waals surface area (Å²) in [6.45, 7) is 16.7. The summed E-state index contributed by atoms with van der Waals surface area (Å²) in [4.78, 5) is 15.5. The molecule has 0 unspecified atom stereocenters. The minimum atomic E-state index is -4.85. The molecule has 4 aromatic heterocycles. The van der Waals surface area contributed by atoms with Crippen molar-refractivity contribution in [3.8, 4) is 11.2 Å². The van der Waals surface area contributed by atoms with Crippen molar-refractivity contribution in [3.63, 3.8) is 0 Å². The smallest absolute Gasteiger partial charge is 0.295 e. The average molecular weight is 1120 g/mol. The van der Waals surface area contributed by atoms with E-state index in [0.29, 0.717) is 47.7 Å². The summed E-state index contributed by atoms with van der Waals surface area (Å²) in [6.07, 6.45) is 0. The molecule has 74 heavy (non-hydrogen) atoms. The molecule has 22 nitrogen and oxygen atoms in total. The normalized spacial score (nSPS) is 12.6. The molecule has 0 fully saturated rings. The maximum Gasteiger partial charge on any atom is 0.295 e. The molecule has 386 valence electrons. The van der Waals surface area contributed by atoms with Crippen molar-refractivity contribution in [3.05, 3.63) is 105 Å². The van der Waals surface area contributed by atoms with Crippen molar-refractivity contribution in [1.82, 2.24) is 24.7 Å². The molecule has 5 N–H and O–H groups in total. The zero-order valence-electron chi connectivity index (χ0n) is 40.7. The first-order chi connectivity index (χ1) is 34.5. The van der Waals surface area contributed by atoms with Gasteiger partial charge in [0, 0.05) is 11.1 Å². The number of hydrogen-bond acceptors (Lipinski definition) is 21. The van der Waals surface area contributed by atoms with Crippen molar-refractivity contribution in [2.24, 2.45) is 10.2 Å². The molecular formula is C46H44N10O12S6. The topological polar surface area (TPSA) is 322 Å². The monoisotopic (exact) mass is 1120 g/mol. The molecule has 0 amide bonds. The van der Waals surface area contributed by atoms with Crippen LogP contribution in [0, 0.1) is 59.8 Å². The second-order valence-electron chi connectivity index (χ2n) is 18.0. The third-order valence-electron chi connectivity index (χ3n) is 11.6. The van der Waals surface area contributed by atoms with E-state index < -0.39 is 45.6 Å². The van der Waals surface area contributed by atoms with Gasteiger partial charge in [0.25, 0.3) is 30.4 Å². The Morgan fingerprint density at radius 3 is 2.05 bits per heavy atom. The van der Waals surface area contributed by atoms with Gasteiger partial charge in [-0.05, 0) is 124 Å². The van der Waals surface area contributed by atoms with E-state index in [0.717, 1.165) is 23.4 Å². The number of benzene rings is 4. The number of azo groups is 1. The van der Waals surface area contributed by atoms with Gasteiger partial charge in [0.2, 0.25) is 5.13 Å². The fourth-order valence-corrected chi connectivity index (χ4v) is 13.8. The van der Waals surface area contributed by atoms with Gasteiger partial charge in [0.1, 0.15) is 32.9 Å². The standard InChI is InChI=1S/C46H44N10O12S6/c1-21-16-24(4)39(73(61,62)63)26(6)35(21)51-42-36(52-53-43-29(20-47)41(46(8,9)10)54-56(43)45-49-31-12-11-13-32(38(31)70-45)71-68-67-57)22(2)18-34(50-42)55(37-23(3)17-25(5)40(27(37)7)74(64,65)66)44-48-30-15-14-28(72(58,59)60)19-33(30)69-44/h11-19,57H,1-10H3,(H,50,51)(H,58,59,60)(H,61,62,63)(H,64,65,66). The number of thiazole rings is 2. The summed E-state index contributed by atoms with van der Waals surface area (Å²) >= 11 is 2.88. The molecule has 4 aromatic carbocycles. The molecule has 8 rings (SSSR count). The average Bonchev–Trinajstić information content (AvgIpc) is 4.01. The van der Waals surface area contributed by atoms with Crippen LogP contribution in [0.2, 0.25) is 0 Å². The first-order valence-corrected chi connectivity index (χ1v) is 28.4. The Bertz CT molecular complexity index is 4070. The van der Waals surface area contributed by atoms with E-state index >= 15 is 0 Å². The van der Waals surface area contributed by atoms with Crippen LogP contribution < -0.4 is 10.2 Å². The lowest BCUT2D eigenvalue weighted by molar-refractivity contribution is -0.432. The van der Waals surface area contributed by atoms with Gasteiger partial charge in [-0.1, -0.05) is 66.7 Å². The summed E-state index contributed by atoms with van der Waals surface area (Å²) < 4.78 is 114. The van der Waals surface area contributed by atoms with Crippen molar-refractivity contribution in [1.29, 1.82) is 5.26 Å². The fraction of sp³-hybridized carbons (Fsp3) is 0.239. The van der Waals surface area contributed by atoms with Crippen LogP contribution in [0.1, 0.15) is 71.0 Å². The van der Waals surface area contributed by atoms with E-state index in [4.69, 9.17) is 34.8 Å². The second-order valence-corrected chi connectivity index (χ2v) is 24.9. The summed E-state index contributed by atoms with van der Waals surface area (Å²) in [6, 6.07) is 15.9. The predicted molar refractivity (Wildman–Crippen MR) is 279 cm³/mol. The van der Waals surface area contributed by atoms with Gasteiger partial charge in [0.05, 0.1) is 53.6 Å². The van der Waals surface area contributed by atoms with Crippen LogP contribution in [0.15, 0.2) is 84.4 Å². The molecule has 0 radical (unpaired) electrons. The third-order valence-corrected chi connectivity index (χ3v) is 17.6. The van der Waals surface area contributed by atoms with Gasteiger partial charge in [0.15, 0.2) is 16.8 Å². The maximum absolute atomic E-state index is 13.0. The Morgan fingerprint density at radius 2 is 1.43 bits per heavy atom. The van der Waals surface area contributed by atoms with E-state index in [1.807, 2.05) is 20.8 Å². The van der Waals surface area contributed by atoms with Gasteiger partial charge in [-0.15, -0.1) is 14.6 Å². The van der Waals surface area contributed by atoms with E-state index in [-0.39, 0.29) is 77.5 Å². The number of pyridine rings is 1. The highest BCUT2D eigenvalue weighted by molar-refractivity contribution is 7.95. The molecule has 0 aliphatic heterocycles. The minimum absolute atomic E-state index is 0.0320. The molecule has 0 atom stereocenters. The Hall–Kier alpha value is -6.33. The number of anilines is 5. The summed E-state index contributed by atoms with van der Waals surface area (Å²) in [5, 5.41) is 41.3. The molecule has 28 heteroatoms. The summed E-state index contributed by atoms with van der Waals surface area (Å²) in [5.41, 5.74) is 2.99. The van der Waals surface area contributed by atoms with E-state index in [1.54, 1.807) is 57.2 Å². The first-order valence-electron chi connectivity index (χ1n) is 21.7. The minimum Gasteiger partial charge on any atom is -0.338 e. The van der Waals surface area contributed by atoms with Crippen molar-refractivity contribution < 1.29 is 53.5 Å². The lowest BCUT2D eigenvalue weighted by Crippen LogP contribution is -2.17. The van der Waals surface area contributed by atoms with Crippen LogP contribution in [0.25, 0.3) is 25.6 Å². The van der Waals surface area contributed by atoms with Crippen LogP contribution >= 0.6 is 34.7 Å². The van der Waals surface area contributed by atoms with Gasteiger partial charge in [-0.3, -0.25) is 18.6 Å². The van der Waals surface area contributed by atoms with E-state index in [2.05, 4.69) is 21.5 Å². The Morgan fingerprint density at radius 1 is 0.770 bits per heavy atom. The number of aromatic nitrogens is 5. The van der Waals surface area contributed by atoms with Crippen molar-refractivity contribution in [2.75, 3.05) is 10.2 Å². The SMILES string of the molecule is Cc1cc(N(c2nc3ccc(S(=O)(=O)O)cc3s2)c2c(C)cc(C)c(S(=O)(=O)O)c2C)nc(Nc2c(C)cc(C)c(S(=O)(=O)O)c2C)c1N=Nc1c(C#N)c(C(C)(C)C)nn1-c1nc2cccc(SOOO)c2s1. The highest BCUT2D eigenvalue weighted by atomic mass is 32.2. The molecule has 0 saturated heterocycles. The zero-order valence-corrected chi connectivity index (χ0v) is 45.6. The summed E-state index contributed by atoms with van der Waals surface area (Å²) in [7, 11) is -14.3. The quantitative estimate of drug-likeness (QED) is 0.0222. The second kappa shape index (κ2) is 19.7. The molecule has 4 heterocycles. The van der Waals surface area contributed by atoms with Crippen LogP contribution in [-0.2, 0) is 45.1 Å². The summed E-state index contributed by atoms with van der Waals surface area (Å²) in [5.74, 6) is -0.0654. The maximum atomic E-state index is 13.0. The number of nitriles is 1. The lowest BCUT2D eigenvalue weighted by Gasteiger charge is -2.28. The molecule has 0 bridgehead atoms. The molecule has 0 saturated carbocycles. The number of nitrogens with one attached hydrogen (secondary N) is 1. The molecule has 0 aliphatic rings. The number of fused-ring (bicyclic) bond motifs is 2. The van der Waals surface area contributed by atoms with Gasteiger partial charge < -0.3 is 5.32 Å². The van der Waals surface area contributed by atoms with Gasteiger partial charge >= 0.3 is 0 Å². The van der Waals surface area contributed by atoms with Crippen LogP contribution in [-0.4, -0.2) is 68.9 Å². The van der Waals surface area contributed by atoms with Crippen molar-refractivity contribution >= 4 is 125 Å². The Labute approximate surface area is 436 Å². The van der Waals surface area contributed by atoms with Gasteiger partial charge in [-0.2, -0.15) is 40.3 Å². The van der Waals surface area contributed by atoms with Crippen LogP contribution in [0.5, 0.6) is 0 Å². The van der Waals surface area contributed by atoms with E-state index in [9.17, 15) is 44.2 Å².